The molecule has 1 amide bonds. The molecule has 1 fully saturated rings. The lowest BCUT2D eigenvalue weighted by molar-refractivity contribution is 0.0764. The van der Waals surface area contributed by atoms with Crippen molar-refractivity contribution in [1.29, 1.82) is 0 Å². The third-order valence-corrected chi connectivity index (χ3v) is 4.24. The quantitative estimate of drug-likeness (QED) is 0.747. The predicted molar refractivity (Wildman–Crippen MR) is 93.2 cm³/mol. The summed E-state index contributed by atoms with van der Waals surface area (Å²) < 4.78 is 0. The summed E-state index contributed by atoms with van der Waals surface area (Å²) in [5, 5.41) is 20.5. The highest BCUT2D eigenvalue weighted by molar-refractivity contribution is 5.94. The van der Waals surface area contributed by atoms with E-state index in [-0.39, 0.29) is 17.9 Å². The molecule has 0 saturated carbocycles. The molecule has 1 aliphatic rings. The summed E-state index contributed by atoms with van der Waals surface area (Å²) in [7, 11) is 0. The van der Waals surface area contributed by atoms with Crippen molar-refractivity contribution < 1.29 is 9.90 Å². The Morgan fingerprint density at radius 1 is 1.40 bits per heavy atom. The summed E-state index contributed by atoms with van der Waals surface area (Å²) in [5.74, 6) is 0.324. The van der Waals surface area contributed by atoms with Crippen LogP contribution in [-0.4, -0.2) is 61.3 Å². The fourth-order valence-corrected chi connectivity index (χ4v) is 3.02. The number of amides is 1. The van der Waals surface area contributed by atoms with Gasteiger partial charge in [-0.05, 0) is 33.3 Å². The molecule has 2 atom stereocenters. The van der Waals surface area contributed by atoms with Crippen molar-refractivity contribution in [2.45, 2.75) is 39.3 Å². The van der Waals surface area contributed by atoms with E-state index in [1.165, 1.54) is 12.4 Å². The van der Waals surface area contributed by atoms with E-state index in [2.05, 4.69) is 25.5 Å². The Balaban J connectivity index is 1.63. The summed E-state index contributed by atoms with van der Waals surface area (Å²) in [6, 6.07) is 2.19. The van der Waals surface area contributed by atoms with Gasteiger partial charge < -0.3 is 15.3 Å². The van der Waals surface area contributed by atoms with Crippen molar-refractivity contribution >= 4 is 11.9 Å². The first-order valence-electron chi connectivity index (χ1n) is 8.49. The van der Waals surface area contributed by atoms with Crippen molar-refractivity contribution in [2.75, 3.05) is 18.4 Å². The van der Waals surface area contributed by atoms with E-state index in [9.17, 15) is 9.90 Å². The van der Waals surface area contributed by atoms with E-state index < -0.39 is 6.10 Å². The molecule has 0 unspecified atom stereocenters. The van der Waals surface area contributed by atoms with Crippen LogP contribution in [0.1, 0.15) is 35.6 Å². The Hall–Kier alpha value is -2.48. The molecular formula is C17H24N6O2. The molecule has 8 heteroatoms. The van der Waals surface area contributed by atoms with Gasteiger partial charge in [-0.1, -0.05) is 0 Å². The number of aliphatic hydroxyl groups excluding tert-OH is 1. The molecular weight excluding hydrogens is 320 g/mol. The molecule has 0 radical (unpaired) electrons. The zero-order chi connectivity index (χ0) is 18.0. The number of hydrogen-bond donors (Lipinski definition) is 3. The van der Waals surface area contributed by atoms with Crippen LogP contribution in [0.2, 0.25) is 0 Å². The number of hydrogen-bond acceptors (Lipinski definition) is 6. The van der Waals surface area contributed by atoms with E-state index >= 15 is 0 Å². The van der Waals surface area contributed by atoms with Crippen LogP contribution < -0.4 is 5.32 Å². The second-order valence-electron chi connectivity index (χ2n) is 6.88. The van der Waals surface area contributed by atoms with Gasteiger partial charge in [0.05, 0.1) is 17.4 Å². The molecule has 1 saturated heterocycles. The van der Waals surface area contributed by atoms with Crippen LogP contribution in [-0.2, 0) is 6.42 Å². The lowest BCUT2D eigenvalue weighted by atomic mass is 10.0. The van der Waals surface area contributed by atoms with Crippen molar-refractivity contribution in [2.24, 2.45) is 5.92 Å². The molecule has 3 rings (SSSR count). The minimum Gasteiger partial charge on any atom is -0.391 e. The van der Waals surface area contributed by atoms with Crippen molar-refractivity contribution in [3.8, 4) is 0 Å². The van der Waals surface area contributed by atoms with Crippen LogP contribution in [0.25, 0.3) is 0 Å². The van der Waals surface area contributed by atoms with E-state index in [0.29, 0.717) is 31.0 Å². The molecule has 134 valence electrons. The molecule has 0 spiro atoms. The largest absolute Gasteiger partial charge is 0.391 e. The Morgan fingerprint density at radius 2 is 2.12 bits per heavy atom. The van der Waals surface area contributed by atoms with Gasteiger partial charge in [-0.15, -0.1) is 0 Å². The van der Waals surface area contributed by atoms with Gasteiger partial charge >= 0.3 is 0 Å². The molecule has 2 aromatic rings. The van der Waals surface area contributed by atoms with Crippen LogP contribution in [0.5, 0.6) is 0 Å². The van der Waals surface area contributed by atoms with Crippen LogP contribution in [0.15, 0.2) is 18.5 Å². The molecule has 0 aliphatic carbocycles. The predicted octanol–water partition coefficient (Wildman–Crippen LogP) is 1.00. The number of anilines is 1. The molecule has 8 nitrogen and oxygen atoms in total. The molecule has 0 aromatic carbocycles. The van der Waals surface area contributed by atoms with Crippen LogP contribution in [0.4, 0.5) is 5.95 Å². The van der Waals surface area contributed by atoms with Gasteiger partial charge in [0.2, 0.25) is 5.95 Å². The zero-order valence-corrected chi connectivity index (χ0v) is 14.7. The number of nitrogens with zero attached hydrogens (tertiary/aromatic N) is 4. The number of aromatic nitrogens is 4. The number of rotatable bonds is 5. The normalized spacial score (nSPS) is 20.3. The Labute approximate surface area is 146 Å². The Morgan fingerprint density at radius 3 is 2.72 bits per heavy atom. The van der Waals surface area contributed by atoms with Crippen molar-refractivity contribution in [1.82, 2.24) is 25.1 Å². The highest BCUT2D eigenvalue weighted by atomic mass is 16.3. The Kier molecular flexibility index (Phi) is 4.98. The molecule has 0 bridgehead atoms. The third-order valence-electron chi connectivity index (χ3n) is 4.24. The van der Waals surface area contributed by atoms with E-state index in [1.54, 1.807) is 4.90 Å². The number of β-amino-alcohol motifs (C(OH)–C–C–N with tert-alkyl or cyclic N) is 1. The number of aromatic amines is 1. The minimum absolute atomic E-state index is 0.0190. The Bertz CT molecular complexity index is 727. The topological polar surface area (TPSA) is 107 Å². The summed E-state index contributed by atoms with van der Waals surface area (Å²) in [5.41, 5.74) is 2.32. The van der Waals surface area contributed by atoms with Crippen LogP contribution in [0.3, 0.4) is 0 Å². The summed E-state index contributed by atoms with van der Waals surface area (Å²) >= 11 is 0. The van der Waals surface area contributed by atoms with E-state index in [0.717, 1.165) is 11.4 Å². The summed E-state index contributed by atoms with van der Waals surface area (Å²) in [6.45, 7) is 6.75. The van der Waals surface area contributed by atoms with Gasteiger partial charge in [0.25, 0.3) is 5.91 Å². The summed E-state index contributed by atoms with van der Waals surface area (Å²) in [4.78, 5) is 22.6. The molecule has 2 aromatic heterocycles. The van der Waals surface area contributed by atoms with Gasteiger partial charge in [-0.2, -0.15) is 5.10 Å². The minimum atomic E-state index is -0.552. The van der Waals surface area contributed by atoms with E-state index in [1.807, 2.05) is 26.8 Å². The smallest absolute Gasteiger partial charge is 0.257 e. The fraction of sp³-hybridized carbons (Fsp3) is 0.529. The van der Waals surface area contributed by atoms with E-state index in [4.69, 9.17) is 0 Å². The standard InChI is InChI=1S/C17H24N6O2/c1-10(2)20-17-18-6-13(7-19-17)16(25)23-8-12(15(24)9-23)5-14-4-11(3)21-22-14/h4,6-7,10,12,15,24H,5,8-9H2,1-3H3,(H,21,22)(H,18,19,20)/t12-,15-/m1/s1. The fourth-order valence-electron chi connectivity index (χ4n) is 3.02. The maximum absolute atomic E-state index is 12.6. The summed E-state index contributed by atoms with van der Waals surface area (Å²) in [6.07, 6.45) is 3.14. The number of nitrogens with one attached hydrogen (secondary N) is 2. The lowest BCUT2D eigenvalue weighted by Gasteiger charge is -2.16. The highest BCUT2D eigenvalue weighted by Gasteiger charge is 2.35. The second kappa shape index (κ2) is 7.18. The number of aliphatic hydroxyl groups is 1. The first kappa shape index (κ1) is 17.3. The van der Waals surface area contributed by atoms with Crippen LogP contribution in [0, 0.1) is 12.8 Å². The number of H-pyrrole nitrogens is 1. The van der Waals surface area contributed by atoms with Crippen molar-refractivity contribution in [3.05, 3.63) is 35.4 Å². The third kappa shape index (κ3) is 4.14. The van der Waals surface area contributed by atoms with Gasteiger partial charge in [0.1, 0.15) is 0 Å². The van der Waals surface area contributed by atoms with Gasteiger partial charge in [-0.3, -0.25) is 9.89 Å². The highest BCUT2D eigenvalue weighted by Crippen LogP contribution is 2.22. The van der Waals surface area contributed by atoms with Gasteiger partial charge in [0.15, 0.2) is 0 Å². The maximum atomic E-state index is 12.6. The van der Waals surface area contributed by atoms with Crippen LogP contribution >= 0.6 is 0 Å². The maximum Gasteiger partial charge on any atom is 0.257 e. The second-order valence-corrected chi connectivity index (χ2v) is 6.88. The van der Waals surface area contributed by atoms with Gasteiger partial charge in [-0.25, -0.2) is 9.97 Å². The molecule has 3 N–H and O–H groups in total. The monoisotopic (exact) mass is 344 g/mol. The van der Waals surface area contributed by atoms with Gasteiger partial charge in [0, 0.05) is 43.1 Å². The number of likely N-dealkylation sites (tertiary alicyclic amines) is 1. The number of carbonyl (C=O) groups is 1. The first-order valence-corrected chi connectivity index (χ1v) is 8.49. The number of aryl methyl sites for hydroxylation is 1. The number of carbonyl (C=O) groups excluding carboxylic acids is 1. The molecule has 1 aliphatic heterocycles. The van der Waals surface area contributed by atoms with Crippen molar-refractivity contribution in [3.63, 3.8) is 0 Å². The average Bonchev–Trinajstić information content (AvgIpc) is 3.13. The SMILES string of the molecule is Cc1cc(C[C@@H]2CN(C(=O)c3cnc(NC(C)C)nc3)C[C@H]2O)n[nH]1. The lowest BCUT2D eigenvalue weighted by Crippen LogP contribution is -2.30. The zero-order valence-electron chi connectivity index (χ0n) is 14.7. The average molecular weight is 344 g/mol. The molecule has 3 heterocycles. The molecule has 25 heavy (non-hydrogen) atoms. The first-order chi connectivity index (χ1) is 11.9.